The minimum absolute atomic E-state index is 0.0621. The summed E-state index contributed by atoms with van der Waals surface area (Å²) in [6, 6.07) is 18.1. The fourth-order valence-electron chi connectivity index (χ4n) is 4.18. The van der Waals surface area contributed by atoms with Gasteiger partial charge in [0.15, 0.2) is 0 Å². The smallest absolute Gasteiger partial charge is 0.231 e. The lowest BCUT2D eigenvalue weighted by Gasteiger charge is -2.38. The normalized spacial score (nSPS) is 25.6. The highest BCUT2D eigenvalue weighted by Gasteiger charge is 2.49. The van der Waals surface area contributed by atoms with Crippen LogP contribution in [0.4, 0.5) is 0 Å². The van der Waals surface area contributed by atoms with Crippen molar-refractivity contribution in [1.82, 2.24) is 0 Å². The zero-order valence-corrected chi connectivity index (χ0v) is 15.0. The van der Waals surface area contributed by atoms with E-state index >= 15 is 0 Å². The van der Waals surface area contributed by atoms with E-state index in [-0.39, 0.29) is 22.7 Å². The lowest BCUT2D eigenvalue weighted by atomic mass is 9.64. The Morgan fingerprint density at radius 1 is 0.962 bits per heavy atom. The van der Waals surface area contributed by atoms with Gasteiger partial charge in [-0.15, -0.1) is 0 Å². The van der Waals surface area contributed by atoms with Crippen LogP contribution in [0.2, 0.25) is 0 Å². The van der Waals surface area contributed by atoms with Crippen LogP contribution in [0.1, 0.15) is 36.8 Å². The topological polar surface area (TPSA) is 60.2 Å². The summed E-state index contributed by atoms with van der Waals surface area (Å²) in [5, 5.41) is 12.2. The van der Waals surface area contributed by atoms with Crippen molar-refractivity contribution < 1.29 is 9.72 Å². The third kappa shape index (κ3) is 3.32. The van der Waals surface area contributed by atoms with E-state index in [9.17, 15) is 14.9 Å². The maximum atomic E-state index is 12.2. The number of nitro groups is 1. The van der Waals surface area contributed by atoms with Crippen LogP contribution in [0, 0.1) is 22.0 Å². The van der Waals surface area contributed by atoms with Gasteiger partial charge in [0.25, 0.3) is 0 Å². The van der Waals surface area contributed by atoms with Gasteiger partial charge < -0.3 is 0 Å². The Morgan fingerprint density at radius 3 is 1.96 bits per heavy atom. The molecule has 4 heteroatoms. The van der Waals surface area contributed by atoms with Gasteiger partial charge in [-0.2, -0.15) is 0 Å². The van der Waals surface area contributed by atoms with E-state index in [1.165, 1.54) is 0 Å². The molecule has 3 rings (SSSR count). The third-order valence-electron chi connectivity index (χ3n) is 5.36. The minimum Gasteiger partial charge on any atom is -0.298 e. The quantitative estimate of drug-likeness (QED) is 0.450. The first-order chi connectivity index (χ1) is 12.5. The predicted molar refractivity (Wildman–Crippen MR) is 102 cm³/mol. The van der Waals surface area contributed by atoms with Crippen molar-refractivity contribution in [2.24, 2.45) is 11.8 Å². The van der Waals surface area contributed by atoms with Crippen molar-refractivity contribution >= 4 is 6.29 Å². The number of benzene rings is 2. The molecule has 1 aliphatic carbocycles. The molecule has 26 heavy (non-hydrogen) atoms. The molecule has 0 saturated carbocycles. The number of nitrogens with zero attached hydrogens (tertiary/aromatic N) is 1. The second kappa shape index (κ2) is 7.65. The van der Waals surface area contributed by atoms with Gasteiger partial charge in [-0.25, -0.2) is 0 Å². The fraction of sp³-hybridized carbons (Fsp3) is 0.318. The molecular weight excluding hydrogens is 326 g/mol. The molecule has 0 bridgehead atoms. The second-order valence-corrected chi connectivity index (χ2v) is 7.21. The largest absolute Gasteiger partial charge is 0.298 e. The first kappa shape index (κ1) is 18.1. The Balaban J connectivity index is 2.22. The lowest BCUT2D eigenvalue weighted by molar-refractivity contribution is -0.532. The van der Waals surface area contributed by atoms with E-state index in [0.29, 0.717) is 5.57 Å². The number of hydrogen-bond acceptors (Lipinski definition) is 3. The van der Waals surface area contributed by atoms with Gasteiger partial charge >= 0.3 is 0 Å². The molecule has 0 fully saturated rings. The number of allylic oxidation sites excluding steroid dienone is 1. The predicted octanol–water partition coefficient (Wildman–Crippen LogP) is 4.61. The summed E-state index contributed by atoms with van der Waals surface area (Å²) in [5.74, 6) is -0.689. The Kier molecular flexibility index (Phi) is 5.31. The van der Waals surface area contributed by atoms with Gasteiger partial charge in [-0.3, -0.25) is 14.9 Å². The molecule has 0 aromatic heterocycles. The third-order valence-corrected chi connectivity index (χ3v) is 5.36. The highest BCUT2D eigenvalue weighted by molar-refractivity contribution is 5.77. The second-order valence-electron chi connectivity index (χ2n) is 7.21. The van der Waals surface area contributed by atoms with E-state index in [4.69, 9.17) is 0 Å². The zero-order chi connectivity index (χ0) is 18.7. The van der Waals surface area contributed by atoms with Crippen molar-refractivity contribution in [3.05, 3.63) is 93.6 Å². The van der Waals surface area contributed by atoms with Crippen molar-refractivity contribution in [2.75, 3.05) is 0 Å². The molecule has 4 nitrogen and oxygen atoms in total. The van der Waals surface area contributed by atoms with Crippen LogP contribution in [0.5, 0.6) is 0 Å². The maximum Gasteiger partial charge on any atom is 0.231 e. The van der Waals surface area contributed by atoms with Crippen LogP contribution in [0.3, 0.4) is 0 Å². The fourth-order valence-corrected chi connectivity index (χ4v) is 4.18. The molecule has 0 saturated heterocycles. The van der Waals surface area contributed by atoms with Crippen molar-refractivity contribution in [2.45, 2.75) is 31.7 Å². The van der Waals surface area contributed by atoms with Crippen LogP contribution in [0.25, 0.3) is 0 Å². The standard InChI is InChI=1S/C22H23NO3/c1-15(2)19-13-18(14-24)20(16-9-5-3-6-10-16)22(23(25)26)21(19)17-11-7-4-8-12-17/h3-15,19-22H,1-2H3/t19-,20-,21-,22+/m1/s1. The molecule has 134 valence electrons. The van der Waals surface area contributed by atoms with Gasteiger partial charge in [-0.1, -0.05) is 80.6 Å². The monoisotopic (exact) mass is 349 g/mol. The summed E-state index contributed by atoms with van der Waals surface area (Å²) in [4.78, 5) is 23.9. The van der Waals surface area contributed by atoms with Crippen LogP contribution >= 0.6 is 0 Å². The number of hydrogen-bond donors (Lipinski definition) is 0. The molecule has 0 spiro atoms. The number of rotatable bonds is 5. The molecule has 0 heterocycles. The highest BCUT2D eigenvalue weighted by atomic mass is 16.6. The van der Waals surface area contributed by atoms with Gasteiger partial charge in [0, 0.05) is 10.5 Å². The van der Waals surface area contributed by atoms with Crippen molar-refractivity contribution in [3.8, 4) is 0 Å². The van der Waals surface area contributed by atoms with E-state index < -0.39 is 12.0 Å². The van der Waals surface area contributed by atoms with Crippen LogP contribution in [0.15, 0.2) is 72.3 Å². The molecule has 0 aliphatic heterocycles. The van der Waals surface area contributed by atoms with Crippen molar-refractivity contribution in [1.29, 1.82) is 0 Å². The van der Waals surface area contributed by atoms with Gasteiger partial charge in [0.05, 0.1) is 11.8 Å². The van der Waals surface area contributed by atoms with E-state index in [1.54, 1.807) is 0 Å². The Hall–Kier alpha value is -2.75. The Labute approximate surface area is 153 Å². The molecule has 4 atom stereocenters. The van der Waals surface area contributed by atoms with Crippen LogP contribution in [-0.4, -0.2) is 17.3 Å². The molecule has 0 radical (unpaired) electrons. The average Bonchev–Trinajstić information content (AvgIpc) is 2.67. The summed E-state index contributed by atoms with van der Waals surface area (Å²) in [6.07, 6.45) is 2.76. The lowest BCUT2D eigenvalue weighted by Crippen LogP contribution is -2.43. The summed E-state index contributed by atoms with van der Waals surface area (Å²) in [6.45, 7) is 4.11. The summed E-state index contributed by atoms with van der Waals surface area (Å²) < 4.78 is 0. The number of carbonyl (C=O) groups is 1. The van der Waals surface area contributed by atoms with Crippen LogP contribution in [-0.2, 0) is 4.79 Å². The number of aldehydes is 1. The molecule has 0 amide bonds. The minimum atomic E-state index is -0.877. The summed E-state index contributed by atoms with van der Waals surface area (Å²) in [7, 11) is 0. The van der Waals surface area contributed by atoms with Gasteiger partial charge in [0.1, 0.15) is 6.29 Å². The average molecular weight is 349 g/mol. The molecule has 0 unspecified atom stereocenters. The van der Waals surface area contributed by atoms with E-state index in [2.05, 4.69) is 13.8 Å². The van der Waals surface area contributed by atoms with E-state index in [0.717, 1.165) is 17.4 Å². The molecule has 0 N–H and O–H groups in total. The van der Waals surface area contributed by atoms with E-state index in [1.807, 2.05) is 66.7 Å². The number of carbonyl (C=O) groups excluding carboxylic acids is 1. The van der Waals surface area contributed by atoms with Gasteiger partial charge in [0.2, 0.25) is 6.04 Å². The summed E-state index contributed by atoms with van der Waals surface area (Å²) >= 11 is 0. The summed E-state index contributed by atoms with van der Waals surface area (Å²) in [5.41, 5.74) is 2.29. The van der Waals surface area contributed by atoms with Gasteiger partial charge in [-0.05, 0) is 23.0 Å². The SMILES string of the molecule is CC(C)[C@H]1C=C(C=O)[C@@H](c2ccccc2)[C@H]([N+](=O)[O-])[C@@H]1c1ccccc1. The molecule has 1 aliphatic rings. The highest BCUT2D eigenvalue weighted by Crippen LogP contribution is 2.47. The zero-order valence-electron chi connectivity index (χ0n) is 15.0. The molecule has 2 aromatic rings. The molecular formula is C22H23NO3. The Bertz CT molecular complexity index is 799. The Morgan fingerprint density at radius 2 is 1.50 bits per heavy atom. The first-order valence-corrected chi connectivity index (χ1v) is 8.95. The van der Waals surface area contributed by atoms with Crippen molar-refractivity contribution in [3.63, 3.8) is 0 Å². The van der Waals surface area contributed by atoms with Crippen LogP contribution < -0.4 is 0 Å². The first-order valence-electron chi connectivity index (χ1n) is 8.95. The molecule has 2 aromatic carbocycles. The maximum absolute atomic E-state index is 12.2.